The fourth-order valence-electron chi connectivity index (χ4n) is 9.50. The highest BCUT2D eigenvalue weighted by molar-refractivity contribution is 7.47. The van der Waals surface area contributed by atoms with Gasteiger partial charge >= 0.3 is 39.5 Å². The number of unbranched alkanes of at least 4 members (excludes halogenated alkanes) is 32. The van der Waals surface area contributed by atoms with Gasteiger partial charge in [0.2, 0.25) is 0 Å². The molecule has 0 aromatic heterocycles. The van der Waals surface area contributed by atoms with Crippen molar-refractivity contribution in [3.63, 3.8) is 0 Å². The molecular formula is C64H124O17P2. The van der Waals surface area contributed by atoms with Crippen molar-refractivity contribution in [2.45, 2.75) is 336 Å². The average molecular weight is 1230 g/mol. The van der Waals surface area contributed by atoms with Crippen molar-refractivity contribution in [3.8, 4) is 0 Å². The second-order valence-corrected chi connectivity index (χ2v) is 26.8. The van der Waals surface area contributed by atoms with Crippen LogP contribution in [0, 0.1) is 11.8 Å². The standard InChI is InChI=1S/C64H124O17P2/c1-7-10-12-14-15-29-36-42-48-63(68)80-59(52-74-61(66)46-40-32-13-11-8-2)54-78-82(70,71)76-50-58(65)51-77-83(72,73)79-55-60(53-75-62(67)47-41-35-30-25-22-21-24-28-34-39-45-57(6)9-3)81-64(69)49-43-37-31-26-20-18-16-17-19-23-27-33-38-44-56(4)5/h56-60,65H,7-55H2,1-6H3,(H,70,71)(H,72,73)/t57?,58-,59+,60+/m0/s1. The number of hydrogen-bond donors (Lipinski definition) is 3. The number of aliphatic hydroxyl groups excluding tert-OH is 1. The molecule has 0 radical (unpaired) electrons. The van der Waals surface area contributed by atoms with Crippen LogP contribution in [0.25, 0.3) is 0 Å². The number of carbonyl (C=O) groups is 4. The summed E-state index contributed by atoms with van der Waals surface area (Å²) in [6.07, 6.45) is 39.3. The van der Waals surface area contributed by atoms with E-state index in [4.69, 9.17) is 37.0 Å². The Morgan fingerprint density at radius 2 is 0.614 bits per heavy atom. The van der Waals surface area contributed by atoms with Gasteiger partial charge in [-0.25, -0.2) is 9.13 Å². The summed E-state index contributed by atoms with van der Waals surface area (Å²) in [6, 6.07) is 0. The zero-order valence-corrected chi connectivity index (χ0v) is 55.3. The van der Waals surface area contributed by atoms with Gasteiger partial charge in [0.25, 0.3) is 0 Å². The quantitative estimate of drug-likeness (QED) is 0.0222. The number of rotatable bonds is 63. The topological polar surface area (TPSA) is 237 Å². The molecule has 0 fully saturated rings. The molecule has 0 amide bonds. The lowest BCUT2D eigenvalue weighted by atomic mass is 9.99. The van der Waals surface area contributed by atoms with Gasteiger partial charge in [0.15, 0.2) is 12.2 Å². The van der Waals surface area contributed by atoms with Crippen LogP contribution in [0.15, 0.2) is 0 Å². The van der Waals surface area contributed by atoms with Crippen LogP contribution in [-0.4, -0.2) is 96.7 Å². The summed E-state index contributed by atoms with van der Waals surface area (Å²) in [6.45, 7) is 9.43. The number of phosphoric ester groups is 2. The van der Waals surface area contributed by atoms with E-state index in [2.05, 4.69) is 41.5 Å². The lowest BCUT2D eigenvalue weighted by molar-refractivity contribution is -0.161. The molecule has 0 spiro atoms. The summed E-state index contributed by atoms with van der Waals surface area (Å²) in [5, 5.41) is 10.5. The maximum atomic E-state index is 13.0. The number of carbonyl (C=O) groups excluding carboxylic acids is 4. The third-order valence-corrected chi connectivity index (χ3v) is 17.0. The van der Waals surface area contributed by atoms with Crippen molar-refractivity contribution in [2.75, 3.05) is 39.6 Å². The van der Waals surface area contributed by atoms with Gasteiger partial charge in [-0.1, -0.05) is 266 Å². The highest BCUT2D eigenvalue weighted by Gasteiger charge is 2.30. The molecule has 0 aliphatic rings. The molecule has 0 aromatic rings. The summed E-state index contributed by atoms with van der Waals surface area (Å²) in [4.78, 5) is 71.9. The number of phosphoric acid groups is 2. The van der Waals surface area contributed by atoms with Crippen LogP contribution in [-0.2, 0) is 65.4 Å². The largest absolute Gasteiger partial charge is 0.472 e. The Bertz CT molecular complexity index is 1630. The van der Waals surface area contributed by atoms with Crippen molar-refractivity contribution < 1.29 is 80.2 Å². The van der Waals surface area contributed by atoms with Gasteiger partial charge in [-0.15, -0.1) is 0 Å². The van der Waals surface area contributed by atoms with Crippen molar-refractivity contribution >= 4 is 39.5 Å². The fourth-order valence-corrected chi connectivity index (χ4v) is 11.1. The van der Waals surface area contributed by atoms with Gasteiger partial charge < -0.3 is 33.8 Å². The van der Waals surface area contributed by atoms with Crippen LogP contribution in [0.2, 0.25) is 0 Å². The second-order valence-electron chi connectivity index (χ2n) is 23.9. The Morgan fingerprint density at radius 3 is 0.916 bits per heavy atom. The predicted octanol–water partition coefficient (Wildman–Crippen LogP) is 17.7. The Labute approximate surface area is 505 Å². The number of ether oxygens (including phenoxy) is 4. The van der Waals surface area contributed by atoms with E-state index in [-0.39, 0.29) is 25.7 Å². The van der Waals surface area contributed by atoms with Crippen LogP contribution in [0.3, 0.4) is 0 Å². The first-order chi connectivity index (χ1) is 39.9. The monoisotopic (exact) mass is 1230 g/mol. The highest BCUT2D eigenvalue weighted by Crippen LogP contribution is 2.45. The lowest BCUT2D eigenvalue weighted by Gasteiger charge is -2.21. The molecule has 0 saturated carbocycles. The van der Waals surface area contributed by atoms with Gasteiger partial charge in [0.05, 0.1) is 26.4 Å². The fraction of sp³-hybridized carbons (Fsp3) is 0.938. The van der Waals surface area contributed by atoms with E-state index >= 15 is 0 Å². The first kappa shape index (κ1) is 81.1. The Kier molecular flexibility index (Phi) is 55.2. The predicted molar refractivity (Wildman–Crippen MR) is 331 cm³/mol. The Balaban J connectivity index is 5.16. The molecule has 492 valence electrons. The highest BCUT2D eigenvalue weighted by atomic mass is 31.2. The van der Waals surface area contributed by atoms with Crippen LogP contribution in [0.5, 0.6) is 0 Å². The van der Waals surface area contributed by atoms with Crippen molar-refractivity contribution in [2.24, 2.45) is 11.8 Å². The van der Waals surface area contributed by atoms with Crippen LogP contribution in [0.4, 0.5) is 0 Å². The van der Waals surface area contributed by atoms with E-state index < -0.39 is 97.5 Å². The molecule has 0 aliphatic carbocycles. The minimum Gasteiger partial charge on any atom is -0.462 e. The molecule has 0 heterocycles. The molecule has 0 bridgehead atoms. The smallest absolute Gasteiger partial charge is 0.462 e. The third-order valence-electron chi connectivity index (χ3n) is 15.1. The molecule has 19 heteroatoms. The number of esters is 4. The minimum absolute atomic E-state index is 0.104. The van der Waals surface area contributed by atoms with Crippen molar-refractivity contribution in [1.29, 1.82) is 0 Å². The minimum atomic E-state index is -4.94. The SMILES string of the molecule is CCCCCCCCCCC(=O)O[C@H](COC(=O)CCCCCCC)COP(=O)(O)OC[C@H](O)COP(=O)(O)OC[C@@H](COC(=O)CCCCCCCCCCCCC(C)CC)OC(=O)CCCCCCCCCCCCCCCC(C)C. The molecule has 0 aromatic carbocycles. The van der Waals surface area contributed by atoms with E-state index in [0.29, 0.717) is 25.7 Å². The van der Waals surface area contributed by atoms with E-state index in [1.165, 1.54) is 122 Å². The van der Waals surface area contributed by atoms with Crippen LogP contribution < -0.4 is 0 Å². The molecule has 3 N–H and O–H groups in total. The molecule has 0 rings (SSSR count). The maximum absolute atomic E-state index is 13.0. The molecular weight excluding hydrogens is 1100 g/mol. The molecule has 0 aliphatic heterocycles. The Hall–Kier alpha value is -1.94. The molecule has 0 saturated heterocycles. The normalized spacial score (nSPS) is 14.6. The van der Waals surface area contributed by atoms with E-state index in [9.17, 15) is 43.2 Å². The summed E-state index contributed by atoms with van der Waals surface area (Å²) < 4.78 is 67.8. The van der Waals surface area contributed by atoms with Crippen molar-refractivity contribution in [3.05, 3.63) is 0 Å². The van der Waals surface area contributed by atoms with Gasteiger partial charge in [-0.2, -0.15) is 0 Å². The first-order valence-electron chi connectivity index (χ1n) is 33.5. The molecule has 17 nitrogen and oxygen atoms in total. The summed E-state index contributed by atoms with van der Waals surface area (Å²) in [7, 11) is -9.88. The summed E-state index contributed by atoms with van der Waals surface area (Å²) in [5.74, 6) is -0.550. The summed E-state index contributed by atoms with van der Waals surface area (Å²) >= 11 is 0. The van der Waals surface area contributed by atoms with Gasteiger partial charge in [0.1, 0.15) is 19.3 Å². The second kappa shape index (κ2) is 56.6. The van der Waals surface area contributed by atoms with E-state index in [1.54, 1.807) is 0 Å². The zero-order valence-electron chi connectivity index (χ0n) is 53.5. The zero-order chi connectivity index (χ0) is 61.5. The molecule has 6 atom stereocenters. The lowest BCUT2D eigenvalue weighted by Crippen LogP contribution is -2.30. The summed E-state index contributed by atoms with van der Waals surface area (Å²) in [5.41, 5.74) is 0. The number of aliphatic hydroxyl groups is 1. The van der Waals surface area contributed by atoms with Gasteiger partial charge in [0, 0.05) is 25.7 Å². The molecule has 3 unspecified atom stereocenters. The van der Waals surface area contributed by atoms with Crippen LogP contribution >= 0.6 is 15.6 Å². The van der Waals surface area contributed by atoms with Crippen LogP contribution in [0.1, 0.15) is 318 Å². The van der Waals surface area contributed by atoms with Gasteiger partial charge in [-0.3, -0.25) is 37.3 Å². The van der Waals surface area contributed by atoms with Gasteiger partial charge in [-0.05, 0) is 37.5 Å². The van der Waals surface area contributed by atoms with E-state index in [1.807, 2.05) is 0 Å². The first-order valence-corrected chi connectivity index (χ1v) is 36.5. The van der Waals surface area contributed by atoms with Crippen molar-refractivity contribution in [1.82, 2.24) is 0 Å². The number of hydrogen-bond acceptors (Lipinski definition) is 15. The molecule has 83 heavy (non-hydrogen) atoms. The average Bonchev–Trinajstić information content (AvgIpc) is 3.45. The Morgan fingerprint density at radius 1 is 0.349 bits per heavy atom. The maximum Gasteiger partial charge on any atom is 0.472 e. The van der Waals surface area contributed by atoms with E-state index in [0.717, 1.165) is 115 Å². The third kappa shape index (κ3) is 57.6.